The van der Waals surface area contributed by atoms with Gasteiger partial charge < -0.3 is 75.3 Å². The van der Waals surface area contributed by atoms with Crippen molar-refractivity contribution in [1.82, 2.24) is 0 Å². The average Bonchev–Trinajstić information content (AvgIpc) is 3.42. The van der Waals surface area contributed by atoms with Crippen LogP contribution < -0.4 is 56.8 Å². The molecule has 0 fully saturated rings. The van der Waals surface area contributed by atoms with E-state index in [2.05, 4.69) is 14.1 Å². The number of hydrogen-bond donors (Lipinski definition) is 0. The zero-order valence-corrected chi connectivity index (χ0v) is 46.7. The van der Waals surface area contributed by atoms with Crippen molar-refractivity contribution >= 4 is 11.9 Å². The van der Waals surface area contributed by atoms with Gasteiger partial charge in [0.05, 0.1) is 150 Å². The molecule has 2 aliphatic rings. The van der Waals surface area contributed by atoms with Crippen LogP contribution in [-0.2, 0) is 44.7 Å². The van der Waals surface area contributed by atoms with Crippen LogP contribution in [0.1, 0.15) is 77.6 Å². The summed E-state index contributed by atoms with van der Waals surface area (Å²) in [5.41, 5.74) is 6.28. The van der Waals surface area contributed by atoms with E-state index in [1.54, 1.807) is 85.3 Å². The summed E-state index contributed by atoms with van der Waals surface area (Å²) in [6.07, 6.45) is 4.50. The van der Waals surface area contributed by atoms with Crippen LogP contribution in [0.15, 0.2) is 36.4 Å². The van der Waals surface area contributed by atoms with Crippen molar-refractivity contribution in [1.29, 1.82) is 0 Å². The Morgan fingerprint density at radius 2 is 0.720 bits per heavy atom. The largest absolute Gasteiger partial charge is 0.493 e. The fourth-order valence-corrected chi connectivity index (χ4v) is 11.2. The van der Waals surface area contributed by atoms with Crippen molar-refractivity contribution in [2.75, 3.05) is 139 Å². The summed E-state index contributed by atoms with van der Waals surface area (Å²) in [6.45, 7) is 3.52. The molecule has 2 aliphatic heterocycles. The first-order chi connectivity index (χ1) is 36.2. The number of likely N-dealkylation sites (N-methyl/N-ethyl adjacent to an activating group) is 2. The molecule has 0 N–H and O–H groups in total. The molecular formula is C57H80N2O16+2. The molecule has 0 amide bonds. The number of benzene rings is 4. The highest BCUT2D eigenvalue weighted by molar-refractivity contribution is 5.72. The summed E-state index contributed by atoms with van der Waals surface area (Å²) in [4.78, 5) is 26.1. The van der Waals surface area contributed by atoms with Crippen molar-refractivity contribution in [2.24, 2.45) is 0 Å². The van der Waals surface area contributed by atoms with Crippen molar-refractivity contribution in [3.8, 4) is 69.0 Å². The molecule has 0 bridgehead atoms. The molecule has 0 aromatic heterocycles. The molecule has 0 aliphatic carbocycles. The minimum absolute atomic E-state index is 0.0958. The molecule has 4 aromatic rings. The molecule has 0 saturated carbocycles. The van der Waals surface area contributed by atoms with Crippen molar-refractivity contribution in [3.05, 3.63) is 69.8 Å². The predicted octanol–water partition coefficient (Wildman–Crippen LogP) is 8.10. The van der Waals surface area contributed by atoms with E-state index in [0.717, 1.165) is 59.3 Å². The minimum atomic E-state index is -0.354. The van der Waals surface area contributed by atoms with Gasteiger partial charge in [-0.05, 0) is 65.1 Å². The molecule has 75 heavy (non-hydrogen) atoms. The zero-order valence-electron chi connectivity index (χ0n) is 46.7. The molecule has 6 rings (SSSR count). The number of quaternary nitrogens is 2. The quantitative estimate of drug-likeness (QED) is 0.0304. The third kappa shape index (κ3) is 12.6. The highest BCUT2D eigenvalue weighted by Crippen LogP contribution is 2.53. The van der Waals surface area contributed by atoms with Crippen molar-refractivity contribution in [3.63, 3.8) is 0 Å². The van der Waals surface area contributed by atoms with E-state index in [1.807, 2.05) is 36.4 Å². The number of ether oxygens (including phenoxy) is 14. The molecule has 18 heteroatoms. The number of esters is 2. The number of methoxy groups -OCH3 is 12. The van der Waals surface area contributed by atoms with Gasteiger partial charge in [0.2, 0.25) is 23.0 Å². The number of carbonyl (C=O) groups is 2. The highest BCUT2D eigenvalue weighted by atomic mass is 16.6. The van der Waals surface area contributed by atoms with Gasteiger partial charge in [0.1, 0.15) is 12.1 Å². The molecule has 412 valence electrons. The van der Waals surface area contributed by atoms with Crippen LogP contribution in [0.3, 0.4) is 0 Å². The van der Waals surface area contributed by atoms with Crippen LogP contribution >= 0.6 is 0 Å². The monoisotopic (exact) mass is 1050 g/mol. The molecule has 2 unspecified atom stereocenters. The van der Waals surface area contributed by atoms with Crippen LogP contribution in [0.5, 0.6) is 69.0 Å². The number of rotatable bonds is 28. The summed E-state index contributed by atoms with van der Waals surface area (Å²) < 4.78 is 82.3. The Bertz CT molecular complexity index is 2380. The van der Waals surface area contributed by atoms with Gasteiger partial charge >= 0.3 is 11.9 Å². The number of nitrogens with zero attached hydrogens (tertiary/aromatic N) is 2. The minimum Gasteiger partial charge on any atom is -0.493 e. The second-order valence-electron chi connectivity index (χ2n) is 19.3. The Morgan fingerprint density at radius 3 is 1.01 bits per heavy atom. The van der Waals surface area contributed by atoms with Gasteiger partial charge in [-0.3, -0.25) is 9.59 Å². The maximum absolute atomic E-state index is 13.1. The number of carbonyl (C=O) groups excluding carboxylic acids is 2. The van der Waals surface area contributed by atoms with E-state index in [-0.39, 0.29) is 50.1 Å². The Kier molecular flexibility index (Phi) is 20.1. The lowest BCUT2D eigenvalue weighted by Crippen LogP contribution is -2.53. The lowest BCUT2D eigenvalue weighted by atomic mass is 9.85. The molecule has 0 radical (unpaired) electrons. The van der Waals surface area contributed by atoms with Gasteiger partial charge in [-0.1, -0.05) is 0 Å². The molecule has 4 aromatic carbocycles. The highest BCUT2D eigenvalue weighted by Gasteiger charge is 2.45. The van der Waals surface area contributed by atoms with Crippen molar-refractivity contribution < 1.29 is 84.9 Å². The SMILES string of the molecule is COc1cc(CC2c3c(cc(OC)c(OC)c3OC)CC[N+]2(C)CCCOC(=O)CCCC(=O)OCCC[N@+]2(C)CCc3cc(OC)c(OC)c(OC)c3[C@H]2Cc2cc(OC)c(OC)c(OC)c2)cc(OC)c1OC. The van der Waals surface area contributed by atoms with Gasteiger partial charge in [-0.15, -0.1) is 0 Å². The van der Waals surface area contributed by atoms with E-state index in [9.17, 15) is 9.59 Å². The van der Waals surface area contributed by atoms with E-state index in [1.165, 1.54) is 0 Å². The van der Waals surface area contributed by atoms with Gasteiger partial charge in [0.15, 0.2) is 46.0 Å². The maximum Gasteiger partial charge on any atom is 0.305 e. The molecule has 2 heterocycles. The third-order valence-corrected chi connectivity index (χ3v) is 15.1. The first-order valence-corrected chi connectivity index (χ1v) is 25.4. The Morgan fingerprint density at radius 1 is 0.413 bits per heavy atom. The second kappa shape index (κ2) is 26.2. The van der Waals surface area contributed by atoms with Crippen LogP contribution in [0.2, 0.25) is 0 Å². The zero-order chi connectivity index (χ0) is 54.5. The Hall–Kier alpha value is -6.66. The molecule has 0 spiro atoms. The van der Waals surface area contributed by atoms with E-state index >= 15 is 0 Å². The fourth-order valence-electron chi connectivity index (χ4n) is 11.2. The van der Waals surface area contributed by atoms with Crippen molar-refractivity contribution in [2.45, 2.75) is 69.9 Å². The molecular weight excluding hydrogens is 969 g/mol. The van der Waals surface area contributed by atoms with E-state index in [0.29, 0.717) is 123 Å². The van der Waals surface area contributed by atoms with Gasteiger partial charge in [0.25, 0.3) is 0 Å². The topological polar surface area (TPSA) is 163 Å². The predicted molar refractivity (Wildman–Crippen MR) is 282 cm³/mol. The van der Waals surface area contributed by atoms with Crippen LogP contribution in [-0.4, -0.2) is 160 Å². The fraction of sp³-hybridized carbons (Fsp3) is 0.544. The summed E-state index contributed by atoms with van der Waals surface area (Å²) in [5.74, 6) is 6.13. The normalized spacial score (nSPS) is 18.6. The van der Waals surface area contributed by atoms with Crippen LogP contribution in [0.4, 0.5) is 0 Å². The smallest absolute Gasteiger partial charge is 0.305 e. The lowest BCUT2D eigenvalue weighted by Gasteiger charge is -2.46. The average molecular weight is 1050 g/mol. The number of hydrogen-bond acceptors (Lipinski definition) is 16. The van der Waals surface area contributed by atoms with Crippen LogP contribution in [0.25, 0.3) is 0 Å². The standard InChI is InChI=1S/C57H80N2O16/c1-58(24-20-38-34-46(66-7)54(70-11)56(72-13)50(38)40(58)28-36-30-42(62-3)52(68-9)43(31-36)63-4)22-16-26-74-48(60)18-15-19-49(61)75-27-17-23-59(2)25-21-39-35-47(67-8)55(71-12)57(73-14)51(39)41(59)29-37-32-44(64-5)53(69-10)45(33-37)65-6/h30-35,40-41H,15-29H2,1-14H3/q+2/t40-,41?,58-,59?/m1/s1. The van der Waals surface area contributed by atoms with Gasteiger partial charge in [-0.25, -0.2) is 0 Å². The maximum atomic E-state index is 13.1. The van der Waals surface area contributed by atoms with Crippen LogP contribution in [0, 0.1) is 0 Å². The molecule has 0 saturated heterocycles. The summed E-state index contributed by atoms with van der Waals surface area (Å²) in [7, 11) is 23.8. The van der Waals surface area contributed by atoms with E-state index < -0.39 is 0 Å². The second-order valence-corrected chi connectivity index (χ2v) is 19.3. The summed E-state index contributed by atoms with van der Waals surface area (Å²) in [5, 5.41) is 0. The Labute approximate surface area is 442 Å². The third-order valence-electron chi connectivity index (χ3n) is 15.1. The van der Waals surface area contributed by atoms with E-state index in [4.69, 9.17) is 66.3 Å². The first-order valence-electron chi connectivity index (χ1n) is 25.4. The number of fused-ring (bicyclic) bond motifs is 2. The van der Waals surface area contributed by atoms with Gasteiger partial charge in [0, 0.05) is 51.4 Å². The molecule has 4 atom stereocenters. The lowest BCUT2D eigenvalue weighted by molar-refractivity contribution is -0.941. The summed E-state index contributed by atoms with van der Waals surface area (Å²) >= 11 is 0. The Balaban J connectivity index is 1.06. The first kappa shape index (κ1) is 57.6. The summed E-state index contributed by atoms with van der Waals surface area (Å²) in [6, 6.07) is 11.8. The van der Waals surface area contributed by atoms with Gasteiger partial charge in [-0.2, -0.15) is 0 Å². The molecule has 18 nitrogen and oxygen atoms in total.